The zero-order valence-corrected chi connectivity index (χ0v) is 38.4. The number of hydrogen-bond acceptors (Lipinski definition) is 3. The molecule has 0 amide bonds. The fraction of sp³-hybridized carbons (Fsp3) is 0.158. The number of rotatable bonds is 5. The molecule has 0 spiro atoms. The molecule has 1 aliphatic rings. The van der Waals surface area contributed by atoms with Gasteiger partial charge in [-0.05, 0) is 105 Å². The van der Waals surface area contributed by atoms with Crippen molar-refractivity contribution in [1.29, 1.82) is 0 Å². The molecule has 0 fully saturated rings. The fourth-order valence-electron chi connectivity index (χ4n) is 9.09. The summed E-state index contributed by atoms with van der Waals surface area (Å²) in [6.45, 7) is 16.6. The van der Waals surface area contributed by atoms with E-state index in [4.69, 9.17) is 11.6 Å². The van der Waals surface area contributed by atoms with Gasteiger partial charge in [0.05, 0.1) is 5.48 Å². The molecule has 7 aromatic carbocycles. The van der Waals surface area contributed by atoms with Gasteiger partial charge < -0.3 is 18.8 Å². The maximum absolute atomic E-state index is 9.07. The number of fused-ring (bicyclic) bond motifs is 10. The van der Waals surface area contributed by atoms with Crippen LogP contribution in [0.15, 0.2) is 146 Å². The maximum Gasteiger partial charge on any atom is 0.135 e. The monoisotopic (exact) mass is 1000 g/mol. The van der Waals surface area contributed by atoms with Crippen molar-refractivity contribution >= 4 is 76.5 Å². The molecule has 0 unspecified atom stereocenters. The van der Waals surface area contributed by atoms with Crippen LogP contribution < -0.4 is 9.64 Å². The Morgan fingerprint density at radius 2 is 1.41 bits per heavy atom. The summed E-state index contributed by atoms with van der Waals surface area (Å²) >= 11 is 0. The molecule has 0 saturated heterocycles. The van der Waals surface area contributed by atoms with E-state index in [9.17, 15) is 0 Å². The molecule has 10 aromatic rings. The van der Waals surface area contributed by atoms with Gasteiger partial charge in [-0.25, -0.2) is 4.98 Å². The molecule has 314 valence electrons. The summed E-state index contributed by atoms with van der Waals surface area (Å²) in [7, 11) is 0. The van der Waals surface area contributed by atoms with E-state index in [-0.39, 0.29) is 56.2 Å². The minimum absolute atomic E-state index is 0. The molecule has 5 nitrogen and oxygen atoms in total. The second-order valence-electron chi connectivity index (χ2n) is 17.6. The first kappa shape index (κ1) is 35.0. The predicted molar refractivity (Wildman–Crippen MR) is 259 cm³/mol. The van der Waals surface area contributed by atoms with E-state index in [1.54, 1.807) is 42.8 Å². The Morgan fingerprint density at radius 3 is 2.21 bits per heavy atom. The quantitative estimate of drug-likeness (QED) is 0.161. The van der Waals surface area contributed by atoms with Gasteiger partial charge in [0.1, 0.15) is 5.82 Å². The smallest absolute Gasteiger partial charge is 0.135 e. The molecule has 0 aliphatic carbocycles. The Morgan fingerprint density at radius 1 is 0.698 bits per heavy atom. The molecule has 0 saturated carbocycles. The van der Waals surface area contributed by atoms with Gasteiger partial charge in [0, 0.05) is 51.3 Å². The van der Waals surface area contributed by atoms with Crippen LogP contribution in [-0.4, -0.2) is 14.1 Å². The molecule has 3 aromatic heterocycles. The standard InChI is InChI=1S/C57H47N4O.Pt/c1-35(2)38-26-27-58-54(29-38)61-51-20-11-10-17-46(51)47-25-23-41(33-53(47)61)62-42-31-39(57(5,6)7)30-40(32-42)59-34-60-55-37(4)14-12-18-49(55)50-28-36(3)22-24-45(50)43-15-8-9-16-44(43)48-19-13-21-52(59)56(48)60;/h8-31,34-35H,1-7H3;/q-3;/i10D,11D,17D,20D,35D;. The summed E-state index contributed by atoms with van der Waals surface area (Å²) in [5.41, 5.74) is 8.50. The third-order valence-corrected chi connectivity index (χ3v) is 12.2. The van der Waals surface area contributed by atoms with Crippen LogP contribution in [-0.2, 0) is 26.5 Å². The molecule has 0 atom stereocenters. The van der Waals surface area contributed by atoms with E-state index in [0.29, 0.717) is 39.2 Å². The summed E-state index contributed by atoms with van der Waals surface area (Å²) in [4.78, 5) is 6.89. The van der Waals surface area contributed by atoms with E-state index < -0.39 is 5.89 Å². The fourth-order valence-corrected chi connectivity index (χ4v) is 9.09. The van der Waals surface area contributed by atoms with Crippen molar-refractivity contribution in [3.05, 3.63) is 187 Å². The molecule has 0 bridgehead atoms. The van der Waals surface area contributed by atoms with Crippen LogP contribution in [0.25, 0.3) is 71.0 Å². The molecule has 6 heteroatoms. The molecule has 0 radical (unpaired) electrons. The minimum atomic E-state index is -0.946. The zero-order chi connectivity index (χ0) is 46.8. The first-order chi connectivity index (χ1) is 32.0. The largest absolute Gasteiger partial charge is 0.509 e. The number of ether oxygens (including phenoxy) is 1. The molecule has 0 N–H and O–H groups in total. The van der Waals surface area contributed by atoms with Crippen LogP contribution >= 0.6 is 0 Å². The van der Waals surface area contributed by atoms with Crippen molar-refractivity contribution in [3.63, 3.8) is 0 Å². The van der Waals surface area contributed by atoms with Gasteiger partial charge in [-0.2, -0.15) is 6.07 Å². The zero-order valence-electron chi connectivity index (χ0n) is 41.1. The van der Waals surface area contributed by atoms with Crippen LogP contribution in [0.5, 0.6) is 11.5 Å². The van der Waals surface area contributed by atoms with Crippen molar-refractivity contribution in [2.24, 2.45) is 0 Å². The topological polar surface area (TPSA) is 35.2 Å². The minimum Gasteiger partial charge on any atom is -0.509 e. The van der Waals surface area contributed by atoms with Crippen LogP contribution in [0.1, 0.15) is 69.6 Å². The summed E-state index contributed by atoms with van der Waals surface area (Å²) in [5, 5.41) is 7.88. The number of hydrogen-bond donors (Lipinski definition) is 0. The van der Waals surface area contributed by atoms with Crippen molar-refractivity contribution in [2.75, 3.05) is 4.90 Å². The average Bonchev–Trinajstić information content (AvgIpc) is 3.87. The Labute approximate surface area is 390 Å². The number of para-hydroxylation sites is 3. The summed E-state index contributed by atoms with van der Waals surface area (Å²) in [5.74, 6) is 0.296. The molecule has 11 rings (SSSR count). The van der Waals surface area contributed by atoms with Crippen molar-refractivity contribution in [2.45, 2.75) is 59.8 Å². The van der Waals surface area contributed by atoms with Crippen molar-refractivity contribution in [1.82, 2.24) is 14.1 Å². The van der Waals surface area contributed by atoms with Gasteiger partial charge in [0.15, 0.2) is 0 Å². The van der Waals surface area contributed by atoms with E-state index in [1.165, 1.54) is 21.7 Å². The molecule has 1 aliphatic heterocycles. The first-order valence-corrected chi connectivity index (χ1v) is 21.0. The first-order valence-electron chi connectivity index (χ1n) is 23.5. The molecule has 63 heavy (non-hydrogen) atoms. The maximum atomic E-state index is 9.07. The Bertz CT molecular complexity index is 3820. The van der Waals surface area contributed by atoms with Crippen LogP contribution in [0.2, 0.25) is 0 Å². The number of nitrogens with zero attached hydrogens (tertiary/aromatic N) is 4. The van der Waals surface area contributed by atoms with E-state index in [1.807, 2.05) is 12.1 Å². The number of aryl methyl sites for hydroxylation is 2. The average molecular weight is 1000 g/mol. The molecular formula is C57H47N4OPt-3. The summed E-state index contributed by atoms with van der Waals surface area (Å²) in [6.07, 6.45) is 1.63. The van der Waals surface area contributed by atoms with Crippen molar-refractivity contribution < 1.29 is 32.7 Å². The Hall–Kier alpha value is -6.55. The number of pyridine rings is 1. The molecule has 4 heterocycles. The molecular weight excluding hydrogens is 952 g/mol. The van der Waals surface area contributed by atoms with Gasteiger partial charge in [-0.1, -0.05) is 153 Å². The second kappa shape index (κ2) is 15.4. The van der Waals surface area contributed by atoms with Gasteiger partial charge in [-0.15, -0.1) is 41.3 Å². The number of anilines is 2. The van der Waals surface area contributed by atoms with E-state index in [2.05, 4.69) is 153 Å². The summed E-state index contributed by atoms with van der Waals surface area (Å²) in [6, 6.07) is 46.0. The normalized spacial score (nSPS) is 13.8. The van der Waals surface area contributed by atoms with E-state index >= 15 is 0 Å². The third kappa shape index (κ3) is 6.73. The number of benzene rings is 7. The van der Waals surface area contributed by atoms with Gasteiger partial charge in [0.25, 0.3) is 0 Å². The van der Waals surface area contributed by atoms with Gasteiger partial charge in [0.2, 0.25) is 0 Å². The second-order valence-corrected chi connectivity index (χ2v) is 17.6. The Kier molecular flexibility index (Phi) is 8.53. The Balaban J connectivity index is 0.00000539. The van der Waals surface area contributed by atoms with Crippen LogP contribution in [0, 0.1) is 32.6 Å². The van der Waals surface area contributed by atoms with Crippen LogP contribution in [0.3, 0.4) is 0 Å². The number of aromatic nitrogens is 3. The van der Waals surface area contributed by atoms with Crippen LogP contribution in [0.4, 0.5) is 11.4 Å². The predicted octanol–water partition coefficient (Wildman–Crippen LogP) is 15.3. The van der Waals surface area contributed by atoms with Crippen molar-refractivity contribution in [3.8, 4) is 17.3 Å². The van der Waals surface area contributed by atoms with E-state index in [0.717, 1.165) is 49.7 Å². The van der Waals surface area contributed by atoms with Gasteiger partial charge >= 0.3 is 0 Å². The SMILES string of the molecule is [2H]c1c([2H])c([2H])c2c(c1[2H])c1ccc(Oc3[c-]c(N4[CH-]n5c6c(C)cccc6c6cc(C)ccc6c6ccccc6c6cccc4c65)cc(C(C)(C)C)c3)[c-]c1n2-c1cc(C([2H])(C)C)ccn1.[Pt]. The van der Waals surface area contributed by atoms with Gasteiger partial charge in [-0.3, -0.25) is 0 Å². The summed E-state index contributed by atoms with van der Waals surface area (Å²) < 4.78 is 54.9. The third-order valence-electron chi connectivity index (χ3n) is 12.2.